The van der Waals surface area contributed by atoms with Gasteiger partial charge in [-0.3, -0.25) is 4.90 Å². The maximum absolute atomic E-state index is 3.68. The Morgan fingerprint density at radius 2 is 1.81 bits per heavy atom. The molecule has 1 fully saturated rings. The molecule has 0 spiro atoms. The first-order chi connectivity index (χ1) is 7.54. The van der Waals surface area contributed by atoms with Gasteiger partial charge in [-0.2, -0.15) is 0 Å². The predicted octanol–water partition coefficient (Wildman–Crippen LogP) is 2.74. The normalized spacial score (nSPS) is 18.8. The molecule has 96 valence electrons. The lowest BCUT2D eigenvalue weighted by Gasteiger charge is -2.35. The quantitative estimate of drug-likeness (QED) is 0.684. The zero-order chi connectivity index (χ0) is 12.1. The van der Waals surface area contributed by atoms with Crippen LogP contribution in [0.25, 0.3) is 0 Å². The average Bonchev–Trinajstić information content (AvgIpc) is 2.99. The van der Waals surface area contributed by atoms with Gasteiger partial charge in [0, 0.05) is 25.2 Å². The second kappa shape index (κ2) is 6.61. The van der Waals surface area contributed by atoms with Gasteiger partial charge >= 0.3 is 0 Å². The zero-order valence-corrected chi connectivity index (χ0v) is 11.8. The SMILES string of the molecule is CCN(CC(C)C)C(CNC1CC1)C(C)C. The monoisotopic (exact) mass is 226 g/mol. The highest BCUT2D eigenvalue weighted by Crippen LogP contribution is 2.20. The Morgan fingerprint density at radius 1 is 1.19 bits per heavy atom. The first-order valence-electron chi connectivity index (χ1n) is 7.02. The summed E-state index contributed by atoms with van der Waals surface area (Å²) in [7, 11) is 0. The standard InChI is InChI=1S/C14H30N2/c1-6-16(10-11(2)3)14(12(4)5)9-15-13-7-8-13/h11-15H,6-10H2,1-5H3. The lowest BCUT2D eigenvalue weighted by Crippen LogP contribution is -2.47. The average molecular weight is 226 g/mol. The molecule has 0 bridgehead atoms. The number of nitrogens with one attached hydrogen (secondary N) is 1. The maximum atomic E-state index is 3.68. The summed E-state index contributed by atoms with van der Waals surface area (Å²) in [5.41, 5.74) is 0. The van der Waals surface area contributed by atoms with Crippen molar-refractivity contribution in [2.45, 2.75) is 59.5 Å². The summed E-state index contributed by atoms with van der Waals surface area (Å²) in [6.07, 6.45) is 2.78. The van der Waals surface area contributed by atoms with E-state index in [2.05, 4.69) is 44.8 Å². The van der Waals surface area contributed by atoms with Crippen molar-refractivity contribution in [2.75, 3.05) is 19.6 Å². The zero-order valence-electron chi connectivity index (χ0n) is 11.8. The van der Waals surface area contributed by atoms with E-state index in [0.29, 0.717) is 6.04 Å². The Balaban J connectivity index is 2.42. The lowest BCUT2D eigenvalue weighted by atomic mass is 10.0. The highest BCUT2D eigenvalue weighted by atomic mass is 15.2. The van der Waals surface area contributed by atoms with Gasteiger partial charge in [0.2, 0.25) is 0 Å². The minimum absolute atomic E-state index is 0.702. The maximum Gasteiger partial charge on any atom is 0.0243 e. The molecular formula is C14H30N2. The molecular weight excluding hydrogens is 196 g/mol. The summed E-state index contributed by atoms with van der Waals surface area (Å²) in [4.78, 5) is 2.64. The topological polar surface area (TPSA) is 15.3 Å². The Bertz CT molecular complexity index is 185. The van der Waals surface area contributed by atoms with E-state index in [1.807, 2.05) is 0 Å². The summed E-state index contributed by atoms with van der Waals surface area (Å²) >= 11 is 0. The fraction of sp³-hybridized carbons (Fsp3) is 1.00. The third-order valence-electron chi connectivity index (χ3n) is 3.44. The van der Waals surface area contributed by atoms with Crippen molar-refractivity contribution in [1.82, 2.24) is 10.2 Å². The molecule has 1 N–H and O–H groups in total. The van der Waals surface area contributed by atoms with Crippen LogP contribution in [0, 0.1) is 11.8 Å². The van der Waals surface area contributed by atoms with Crippen molar-refractivity contribution >= 4 is 0 Å². The first kappa shape index (κ1) is 14.0. The molecule has 1 aliphatic carbocycles. The van der Waals surface area contributed by atoms with Gasteiger partial charge in [-0.1, -0.05) is 34.6 Å². The van der Waals surface area contributed by atoms with E-state index in [1.165, 1.54) is 32.5 Å². The summed E-state index contributed by atoms with van der Waals surface area (Å²) in [6, 6.07) is 1.53. The molecule has 0 aromatic rings. The lowest BCUT2D eigenvalue weighted by molar-refractivity contribution is 0.142. The van der Waals surface area contributed by atoms with Gasteiger partial charge < -0.3 is 5.32 Å². The van der Waals surface area contributed by atoms with Crippen LogP contribution >= 0.6 is 0 Å². The van der Waals surface area contributed by atoms with Crippen molar-refractivity contribution in [3.8, 4) is 0 Å². The highest BCUT2D eigenvalue weighted by molar-refractivity contribution is 4.85. The van der Waals surface area contributed by atoms with Crippen LogP contribution in [0.2, 0.25) is 0 Å². The number of hydrogen-bond acceptors (Lipinski definition) is 2. The van der Waals surface area contributed by atoms with E-state index in [1.54, 1.807) is 0 Å². The van der Waals surface area contributed by atoms with Gasteiger partial charge in [0.1, 0.15) is 0 Å². The summed E-state index contributed by atoms with van der Waals surface area (Å²) in [5.74, 6) is 1.51. The van der Waals surface area contributed by atoms with Crippen LogP contribution in [0.3, 0.4) is 0 Å². The largest absolute Gasteiger partial charge is 0.312 e. The highest BCUT2D eigenvalue weighted by Gasteiger charge is 2.25. The van der Waals surface area contributed by atoms with Gasteiger partial charge in [-0.15, -0.1) is 0 Å². The van der Waals surface area contributed by atoms with E-state index >= 15 is 0 Å². The summed E-state index contributed by atoms with van der Waals surface area (Å²) in [5, 5.41) is 3.68. The van der Waals surface area contributed by atoms with Crippen LogP contribution < -0.4 is 5.32 Å². The number of hydrogen-bond donors (Lipinski definition) is 1. The van der Waals surface area contributed by atoms with Crippen molar-refractivity contribution in [3.63, 3.8) is 0 Å². The third-order valence-corrected chi connectivity index (χ3v) is 3.44. The Kier molecular flexibility index (Phi) is 5.77. The minimum atomic E-state index is 0.702. The van der Waals surface area contributed by atoms with Crippen molar-refractivity contribution in [3.05, 3.63) is 0 Å². The molecule has 0 aliphatic heterocycles. The molecule has 16 heavy (non-hydrogen) atoms. The molecule has 0 radical (unpaired) electrons. The molecule has 1 aliphatic rings. The molecule has 0 amide bonds. The van der Waals surface area contributed by atoms with Crippen molar-refractivity contribution in [1.29, 1.82) is 0 Å². The second-order valence-electron chi connectivity index (χ2n) is 5.98. The molecule has 1 rings (SSSR count). The van der Waals surface area contributed by atoms with Gasteiger partial charge in [0.05, 0.1) is 0 Å². The number of rotatable bonds is 8. The molecule has 0 aromatic heterocycles. The van der Waals surface area contributed by atoms with Gasteiger partial charge in [-0.05, 0) is 31.2 Å². The van der Waals surface area contributed by atoms with Crippen LogP contribution in [0.15, 0.2) is 0 Å². The van der Waals surface area contributed by atoms with Crippen LogP contribution in [0.4, 0.5) is 0 Å². The molecule has 1 saturated carbocycles. The fourth-order valence-corrected chi connectivity index (χ4v) is 2.33. The van der Waals surface area contributed by atoms with E-state index in [9.17, 15) is 0 Å². The summed E-state index contributed by atoms with van der Waals surface area (Å²) < 4.78 is 0. The van der Waals surface area contributed by atoms with Crippen LogP contribution in [-0.4, -0.2) is 36.6 Å². The van der Waals surface area contributed by atoms with E-state index < -0.39 is 0 Å². The molecule has 1 unspecified atom stereocenters. The third kappa shape index (κ3) is 4.84. The van der Waals surface area contributed by atoms with Crippen molar-refractivity contribution in [2.24, 2.45) is 11.8 Å². The van der Waals surface area contributed by atoms with Crippen LogP contribution in [0.5, 0.6) is 0 Å². The number of nitrogens with zero attached hydrogens (tertiary/aromatic N) is 1. The van der Waals surface area contributed by atoms with E-state index in [4.69, 9.17) is 0 Å². The molecule has 1 atom stereocenters. The Hall–Kier alpha value is -0.0800. The fourth-order valence-electron chi connectivity index (χ4n) is 2.33. The van der Waals surface area contributed by atoms with Gasteiger partial charge in [0.25, 0.3) is 0 Å². The van der Waals surface area contributed by atoms with E-state index in [-0.39, 0.29) is 0 Å². The molecule has 2 heteroatoms. The first-order valence-corrected chi connectivity index (χ1v) is 7.02. The summed E-state index contributed by atoms with van der Waals surface area (Å²) in [6.45, 7) is 15.2. The second-order valence-corrected chi connectivity index (χ2v) is 5.98. The van der Waals surface area contributed by atoms with Crippen LogP contribution in [0.1, 0.15) is 47.5 Å². The van der Waals surface area contributed by atoms with E-state index in [0.717, 1.165) is 17.9 Å². The Labute approximate surface area is 102 Å². The molecule has 2 nitrogen and oxygen atoms in total. The van der Waals surface area contributed by atoms with Crippen LogP contribution in [-0.2, 0) is 0 Å². The molecule has 0 saturated heterocycles. The molecule has 0 aromatic carbocycles. The van der Waals surface area contributed by atoms with Gasteiger partial charge in [0.15, 0.2) is 0 Å². The smallest absolute Gasteiger partial charge is 0.0243 e. The van der Waals surface area contributed by atoms with Crippen molar-refractivity contribution < 1.29 is 0 Å². The predicted molar refractivity (Wildman–Crippen MR) is 71.7 cm³/mol. The van der Waals surface area contributed by atoms with Gasteiger partial charge in [-0.25, -0.2) is 0 Å². The Morgan fingerprint density at radius 3 is 2.19 bits per heavy atom. The minimum Gasteiger partial charge on any atom is -0.312 e. The number of likely N-dealkylation sites (N-methyl/N-ethyl adjacent to an activating group) is 1. The molecule has 0 heterocycles.